The van der Waals surface area contributed by atoms with E-state index in [1.165, 1.54) is 6.42 Å². The van der Waals surface area contributed by atoms with Crippen molar-refractivity contribution in [1.29, 1.82) is 0 Å². The zero-order valence-corrected chi connectivity index (χ0v) is 16.2. The Hall–Kier alpha value is -1.27. The molecule has 25 heavy (non-hydrogen) atoms. The number of benzene rings is 1. The number of nitrogens with zero attached hydrogens (tertiary/aromatic N) is 4. The number of rotatable bonds is 4. The topological polar surface area (TPSA) is 58.3 Å². The van der Waals surface area contributed by atoms with Crippen molar-refractivity contribution in [2.24, 2.45) is 0 Å². The van der Waals surface area contributed by atoms with Crippen molar-refractivity contribution in [3.63, 3.8) is 0 Å². The van der Waals surface area contributed by atoms with E-state index in [1.807, 2.05) is 0 Å². The molecular formula is C17H20Cl3N5. The molecule has 3 rings (SSSR count). The van der Waals surface area contributed by atoms with Crippen molar-refractivity contribution in [3.8, 4) is 11.1 Å². The van der Waals surface area contributed by atoms with Crippen molar-refractivity contribution in [3.05, 3.63) is 33.4 Å². The molecule has 1 aromatic carbocycles. The predicted octanol–water partition coefficient (Wildman–Crippen LogP) is 4.22. The summed E-state index contributed by atoms with van der Waals surface area (Å²) >= 11 is 18.5. The van der Waals surface area contributed by atoms with Crippen LogP contribution in [0.2, 0.25) is 15.1 Å². The highest BCUT2D eigenvalue weighted by atomic mass is 35.5. The lowest BCUT2D eigenvalue weighted by molar-refractivity contribution is 0.257. The summed E-state index contributed by atoms with van der Waals surface area (Å²) in [7, 11) is 0. The molecule has 2 N–H and O–H groups in total. The van der Waals surface area contributed by atoms with Gasteiger partial charge in [-0.05, 0) is 25.1 Å². The maximum absolute atomic E-state index is 6.29. The van der Waals surface area contributed by atoms with Gasteiger partial charge in [0.05, 0.1) is 10.0 Å². The first-order valence-electron chi connectivity index (χ1n) is 8.24. The smallest absolute Gasteiger partial charge is 0.227 e. The fraction of sp³-hybridized carbons (Fsp3) is 0.412. The number of hydrogen-bond acceptors (Lipinski definition) is 5. The summed E-state index contributed by atoms with van der Waals surface area (Å²) in [6, 6.07) is 3.31. The molecule has 0 saturated carbocycles. The molecule has 5 nitrogen and oxygen atoms in total. The normalized spacial score (nSPS) is 15.6. The van der Waals surface area contributed by atoms with Crippen molar-refractivity contribution in [1.82, 2.24) is 14.9 Å². The standard InChI is InChI=1S/C17H20Cl3N5/c1-2-3-24-4-6-25(7-5-24)17-22-10-13(16(21)23-17)12-8-11(18)9-14(19)15(12)20/h8-10H,2-7H2,1H3,(H2,21,22,23). The molecule has 0 amide bonds. The number of piperazine rings is 1. The Morgan fingerprint density at radius 2 is 1.80 bits per heavy atom. The third-order valence-electron chi connectivity index (χ3n) is 4.28. The molecule has 2 heterocycles. The first-order valence-corrected chi connectivity index (χ1v) is 9.37. The molecule has 0 aliphatic carbocycles. The molecule has 1 aromatic heterocycles. The Balaban J connectivity index is 1.83. The second-order valence-electron chi connectivity index (χ2n) is 6.05. The van der Waals surface area contributed by atoms with Crippen LogP contribution in [0.25, 0.3) is 11.1 Å². The molecule has 1 aliphatic heterocycles. The van der Waals surface area contributed by atoms with Crippen molar-refractivity contribution in [2.75, 3.05) is 43.4 Å². The van der Waals surface area contributed by atoms with Crippen molar-refractivity contribution < 1.29 is 0 Å². The minimum atomic E-state index is 0.362. The van der Waals surface area contributed by atoms with E-state index in [0.717, 1.165) is 32.7 Å². The first-order chi connectivity index (χ1) is 12.0. The van der Waals surface area contributed by atoms with Crippen molar-refractivity contribution >= 4 is 46.6 Å². The van der Waals surface area contributed by atoms with Gasteiger partial charge in [0.15, 0.2) is 0 Å². The number of nitrogens with two attached hydrogens (primary N) is 1. The van der Waals surface area contributed by atoms with Gasteiger partial charge < -0.3 is 10.6 Å². The number of hydrogen-bond donors (Lipinski definition) is 1. The molecular weight excluding hydrogens is 381 g/mol. The number of anilines is 2. The lowest BCUT2D eigenvalue weighted by Crippen LogP contribution is -2.47. The monoisotopic (exact) mass is 399 g/mol. The Kier molecular flexibility index (Phi) is 5.89. The van der Waals surface area contributed by atoms with Crippen LogP contribution in [0.4, 0.5) is 11.8 Å². The number of nitrogen functional groups attached to an aromatic ring is 1. The van der Waals surface area contributed by atoms with Crippen LogP contribution in [0.1, 0.15) is 13.3 Å². The fourth-order valence-electron chi connectivity index (χ4n) is 2.98. The molecule has 8 heteroatoms. The Bertz CT molecular complexity index is 760. The van der Waals surface area contributed by atoms with E-state index in [2.05, 4.69) is 26.7 Å². The van der Waals surface area contributed by atoms with Crippen LogP contribution in [-0.4, -0.2) is 47.6 Å². The maximum atomic E-state index is 6.29. The zero-order chi connectivity index (χ0) is 18.0. The Labute approximate surface area is 162 Å². The summed E-state index contributed by atoms with van der Waals surface area (Å²) < 4.78 is 0. The fourth-order valence-corrected chi connectivity index (χ4v) is 3.69. The van der Waals surface area contributed by atoms with Gasteiger partial charge in [-0.15, -0.1) is 0 Å². The molecule has 0 unspecified atom stereocenters. The highest BCUT2D eigenvalue weighted by molar-refractivity contribution is 6.45. The van der Waals surface area contributed by atoms with E-state index < -0.39 is 0 Å². The summed E-state index contributed by atoms with van der Waals surface area (Å²) in [6.07, 6.45) is 2.85. The highest BCUT2D eigenvalue weighted by Crippen LogP contribution is 2.38. The summed E-state index contributed by atoms with van der Waals surface area (Å²) in [5.41, 5.74) is 7.43. The van der Waals surface area contributed by atoms with Gasteiger partial charge in [0, 0.05) is 48.5 Å². The van der Waals surface area contributed by atoms with E-state index in [9.17, 15) is 0 Å². The summed E-state index contributed by atoms with van der Waals surface area (Å²) in [5.74, 6) is 1.00. The average Bonchev–Trinajstić information content (AvgIpc) is 2.59. The van der Waals surface area contributed by atoms with Gasteiger partial charge in [-0.25, -0.2) is 4.98 Å². The van der Waals surface area contributed by atoms with Gasteiger partial charge in [-0.1, -0.05) is 41.7 Å². The maximum Gasteiger partial charge on any atom is 0.227 e. The van der Waals surface area contributed by atoms with E-state index in [0.29, 0.717) is 38.0 Å². The highest BCUT2D eigenvalue weighted by Gasteiger charge is 2.20. The Morgan fingerprint density at radius 1 is 1.08 bits per heavy atom. The minimum Gasteiger partial charge on any atom is -0.383 e. The van der Waals surface area contributed by atoms with Gasteiger partial charge >= 0.3 is 0 Å². The van der Waals surface area contributed by atoms with Crippen LogP contribution in [0.15, 0.2) is 18.3 Å². The average molecular weight is 401 g/mol. The number of halogens is 3. The third kappa shape index (κ3) is 4.11. The molecule has 0 atom stereocenters. The van der Waals surface area contributed by atoms with Crippen LogP contribution in [-0.2, 0) is 0 Å². The Morgan fingerprint density at radius 3 is 2.44 bits per heavy atom. The molecule has 1 fully saturated rings. The van der Waals surface area contributed by atoms with Gasteiger partial charge in [0.25, 0.3) is 0 Å². The second kappa shape index (κ2) is 7.96. The van der Waals surface area contributed by atoms with E-state index >= 15 is 0 Å². The molecule has 0 radical (unpaired) electrons. The SMILES string of the molecule is CCCN1CCN(c2ncc(-c3cc(Cl)cc(Cl)c3Cl)c(N)n2)CC1. The largest absolute Gasteiger partial charge is 0.383 e. The molecule has 134 valence electrons. The quantitative estimate of drug-likeness (QED) is 0.779. The molecule has 1 aliphatic rings. The summed E-state index contributed by atoms with van der Waals surface area (Å²) in [4.78, 5) is 13.6. The third-order valence-corrected chi connectivity index (χ3v) is 5.30. The van der Waals surface area contributed by atoms with Gasteiger partial charge in [-0.2, -0.15) is 4.98 Å². The van der Waals surface area contributed by atoms with Crippen LogP contribution in [0.3, 0.4) is 0 Å². The van der Waals surface area contributed by atoms with Crippen LogP contribution in [0, 0.1) is 0 Å². The summed E-state index contributed by atoms with van der Waals surface area (Å²) in [6.45, 7) is 7.13. The van der Waals surface area contributed by atoms with Gasteiger partial charge in [0.1, 0.15) is 5.82 Å². The van der Waals surface area contributed by atoms with Crippen LogP contribution in [0.5, 0.6) is 0 Å². The van der Waals surface area contributed by atoms with Crippen LogP contribution >= 0.6 is 34.8 Å². The first kappa shape index (κ1) is 18.5. The predicted molar refractivity (Wildman–Crippen MR) is 106 cm³/mol. The molecule has 0 bridgehead atoms. The van der Waals surface area contributed by atoms with E-state index in [4.69, 9.17) is 40.5 Å². The van der Waals surface area contributed by atoms with Crippen molar-refractivity contribution in [2.45, 2.75) is 13.3 Å². The zero-order valence-electron chi connectivity index (χ0n) is 14.0. The number of aromatic nitrogens is 2. The summed E-state index contributed by atoms with van der Waals surface area (Å²) in [5, 5.41) is 1.25. The van der Waals surface area contributed by atoms with Gasteiger partial charge in [-0.3, -0.25) is 4.90 Å². The lowest BCUT2D eigenvalue weighted by Gasteiger charge is -2.34. The molecule has 0 spiro atoms. The minimum absolute atomic E-state index is 0.362. The molecule has 2 aromatic rings. The lowest BCUT2D eigenvalue weighted by atomic mass is 10.1. The second-order valence-corrected chi connectivity index (χ2v) is 7.27. The van der Waals surface area contributed by atoms with E-state index in [-0.39, 0.29) is 0 Å². The van der Waals surface area contributed by atoms with Crippen LogP contribution < -0.4 is 10.6 Å². The van der Waals surface area contributed by atoms with E-state index in [1.54, 1.807) is 18.3 Å². The van der Waals surface area contributed by atoms with Gasteiger partial charge in [0.2, 0.25) is 5.95 Å². The molecule has 1 saturated heterocycles.